The Morgan fingerprint density at radius 2 is 2.17 bits per heavy atom. The van der Waals surface area contributed by atoms with Gasteiger partial charge in [0, 0.05) is 0 Å². The number of imide groups is 1. The molecule has 0 aliphatic carbocycles. The molecule has 0 saturated heterocycles. The highest BCUT2D eigenvalue weighted by atomic mass is 16.5. The van der Waals surface area contributed by atoms with Crippen molar-refractivity contribution in [1.29, 1.82) is 0 Å². The van der Waals surface area contributed by atoms with Crippen molar-refractivity contribution in [2.45, 2.75) is 19.3 Å². The van der Waals surface area contributed by atoms with Gasteiger partial charge in [-0.2, -0.15) is 0 Å². The molecule has 0 aliphatic heterocycles. The molecule has 0 spiro atoms. The average Bonchev–Trinajstić information content (AvgIpc) is 2.31. The highest BCUT2D eigenvalue weighted by Gasteiger charge is 2.21. The van der Waals surface area contributed by atoms with Gasteiger partial charge >= 0.3 is 6.03 Å². The molecule has 0 bridgehead atoms. The van der Waals surface area contributed by atoms with Crippen LogP contribution in [0.15, 0.2) is 18.2 Å². The van der Waals surface area contributed by atoms with E-state index in [1.807, 2.05) is 12.2 Å². The molecule has 1 unspecified atom stereocenters. The molecule has 1 aromatic rings. The third-order valence-electron chi connectivity index (χ3n) is 2.58. The third kappa shape index (κ3) is 3.13. The highest BCUT2D eigenvalue weighted by molar-refractivity contribution is 5.97. The maximum atomic E-state index is 11.8. The minimum Gasteiger partial charge on any atom is -0.504 e. The fourth-order valence-electron chi connectivity index (χ4n) is 1.69. The number of methoxy groups -OCH3 is 1. The van der Waals surface area contributed by atoms with Crippen LogP contribution in [0.25, 0.3) is 0 Å². The zero-order valence-electron chi connectivity index (χ0n) is 10.3. The Morgan fingerprint density at radius 3 is 2.67 bits per heavy atom. The van der Waals surface area contributed by atoms with Crippen LogP contribution in [0.2, 0.25) is 0 Å². The predicted octanol–water partition coefficient (Wildman–Crippen LogP) is 1.09. The van der Waals surface area contributed by atoms with E-state index in [4.69, 9.17) is 10.5 Å². The molecule has 1 rings (SSSR count). The van der Waals surface area contributed by atoms with Gasteiger partial charge in [-0.05, 0) is 24.1 Å². The number of ether oxygens (including phenoxy) is 1. The van der Waals surface area contributed by atoms with E-state index in [1.54, 1.807) is 12.1 Å². The molecule has 98 valence electrons. The number of primary amides is 1. The van der Waals surface area contributed by atoms with Crippen LogP contribution in [0.3, 0.4) is 0 Å². The second-order valence-electron chi connectivity index (χ2n) is 3.75. The molecular formula is C12H16N2O4. The van der Waals surface area contributed by atoms with E-state index in [2.05, 4.69) is 0 Å². The number of phenolic OH excluding ortho intramolecular Hbond substituents is 1. The maximum Gasteiger partial charge on any atom is 0.318 e. The van der Waals surface area contributed by atoms with Crippen LogP contribution < -0.4 is 15.8 Å². The zero-order valence-corrected chi connectivity index (χ0v) is 10.3. The molecule has 0 heterocycles. The standard InChI is InChI=1S/C12H16N2O4/c1-3-8(11(16)14-12(13)17)7-4-5-9(15)10(6-7)18-2/h4-6,8,15H,3H2,1-2H3,(H3,13,14,16,17). The van der Waals surface area contributed by atoms with Crippen LogP contribution in [0.1, 0.15) is 24.8 Å². The Balaban J connectivity index is 3.01. The third-order valence-corrected chi connectivity index (χ3v) is 2.58. The summed E-state index contributed by atoms with van der Waals surface area (Å²) < 4.78 is 4.97. The van der Waals surface area contributed by atoms with Crippen LogP contribution >= 0.6 is 0 Å². The lowest BCUT2D eigenvalue weighted by Gasteiger charge is -2.15. The van der Waals surface area contributed by atoms with Gasteiger partial charge in [0.15, 0.2) is 11.5 Å². The van der Waals surface area contributed by atoms with Gasteiger partial charge in [0.2, 0.25) is 5.91 Å². The molecule has 18 heavy (non-hydrogen) atoms. The molecule has 1 atom stereocenters. The van der Waals surface area contributed by atoms with Crippen molar-refractivity contribution >= 4 is 11.9 Å². The zero-order chi connectivity index (χ0) is 13.7. The fraction of sp³-hybridized carbons (Fsp3) is 0.333. The van der Waals surface area contributed by atoms with E-state index in [-0.39, 0.29) is 11.5 Å². The summed E-state index contributed by atoms with van der Waals surface area (Å²) >= 11 is 0. The van der Waals surface area contributed by atoms with E-state index in [0.29, 0.717) is 12.0 Å². The number of amides is 3. The first kappa shape index (κ1) is 13.8. The summed E-state index contributed by atoms with van der Waals surface area (Å²) in [6.45, 7) is 1.81. The SMILES string of the molecule is CCC(C(=O)NC(N)=O)c1ccc(O)c(OC)c1. The Hall–Kier alpha value is -2.24. The van der Waals surface area contributed by atoms with Crippen LogP contribution in [-0.4, -0.2) is 24.2 Å². The number of nitrogens with one attached hydrogen (secondary N) is 1. The molecule has 0 saturated carbocycles. The molecule has 0 aromatic heterocycles. The van der Waals surface area contributed by atoms with Crippen molar-refractivity contribution in [2.24, 2.45) is 5.73 Å². The first-order valence-corrected chi connectivity index (χ1v) is 5.46. The quantitative estimate of drug-likeness (QED) is 0.746. The number of urea groups is 1. The molecule has 1 aromatic carbocycles. The van der Waals surface area contributed by atoms with Crippen LogP contribution in [0.4, 0.5) is 4.79 Å². The Bertz CT molecular complexity index is 459. The normalized spacial score (nSPS) is 11.7. The summed E-state index contributed by atoms with van der Waals surface area (Å²) in [6, 6.07) is 3.72. The van der Waals surface area contributed by atoms with Crippen molar-refractivity contribution in [1.82, 2.24) is 5.32 Å². The van der Waals surface area contributed by atoms with Crippen molar-refractivity contribution in [3.63, 3.8) is 0 Å². The van der Waals surface area contributed by atoms with E-state index < -0.39 is 17.9 Å². The number of carbonyl (C=O) groups excluding carboxylic acids is 2. The molecule has 4 N–H and O–H groups in total. The predicted molar refractivity (Wildman–Crippen MR) is 65.4 cm³/mol. The number of hydrogen-bond donors (Lipinski definition) is 3. The summed E-state index contributed by atoms with van der Waals surface area (Å²) in [6.07, 6.45) is 0.493. The number of benzene rings is 1. The van der Waals surface area contributed by atoms with Crippen molar-refractivity contribution in [3.05, 3.63) is 23.8 Å². The van der Waals surface area contributed by atoms with Gasteiger partial charge in [0.1, 0.15) is 0 Å². The summed E-state index contributed by atoms with van der Waals surface area (Å²) in [5.74, 6) is -0.728. The van der Waals surface area contributed by atoms with Gasteiger partial charge in [-0.25, -0.2) is 4.79 Å². The van der Waals surface area contributed by atoms with Crippen LogP contribution in [0.5, 0.6) is 11.5 Å². The molecule has 6 heteroatoms. The van der Waals surface area contributed by atoms with E-state index in [9.17, 15) is 14.7 Å². The number of rotatable bonds is 4. The maximum absolute atomic E-state index is 11.8. The molecule has 0 radical (unpaired) electrons. The Kier molecular flexibility index (Phi) is 4.53. The average molecular weight is 252 g/mol. The fourth-order valence-corrected chi connectivity index (χ4v) is 1.69. The van der Waals surface area contributed by atoms with Crippen LogP contribution in [-0.2, 0) is 4.79 Å². The monoisotopic (exact) mass is 252 g/mol. The number of phenols is 1. The molecule has 0 aliphatic rings. The minimum atomic E-state index is -0.885. The number of hydrogen-bond acceptors (Lipinski definition) is 4. The minimum absolute atomic E-state index is 0.00795. The summed E-state index contributed by atoms with van der Waals surface area (Å²) in [7, 11) is 1.42. The van der Waals surface area contributed by atoms with Gasteiger partial charge in [0.25, 0.3) is 0 Å². The largest absolute Gasteiger partial charge is 0.504 e. The summed E-state index contributed by atoms with van der Waals surface area (Å²) in [5.41, 5.74) is 5.55. The molecule has 3 amide bonds. The topological polar surface area (TPSA) is 102 Å². The first-order chi connectivity index (χ1) is 8.49. The second kappa shape index (κ2) is 5.90. The number of aromatic hydroxyl groups is 1. The lowest BCUT2D eigenvalue weighted by molar-refractivity contribution is -0.121. The summed E-state index contributed by atoms with van der Waals surface area (Å²) in [4.78, 5) is 22.4. The van der Waals surface area contributed by atoms with Crippen molar-refractivity contribution in [3.8, 4) is 11.5 Å². The van der Waals surface area contributed by atoms with E-state index in [1.165, 1.54) is 13.2 Å². The smallest absolute Gasteiger partial charge is 0.318 e. The molecular weight excluding hydrogens is 236 g/mol. The number of carbonyl (C=O) groups is 2. The first-order valence-electron chi connectivity index (χ1n) is 5.46. The van der Waals surface area contributed by atoms with Gasteiger partial charge < -0.3 is 15.6 Å². The van der Waals surface area contributed by atoms with Crippen molar-refractivity contribution < 1.29 is 19.4 Å². The highest BCUT2D eigenvalue weighted by Crippen LogP contribution is 2.30. The molecule has 0 fully saturated rings. The van der Waals surface area contributed by atoms with E-state index in [0.717, 1.165) is 0 Å². The van der Waals surface area contributed by atoms with E-state index >= 15 is 0 Å². The Labute approximate surface area is 105 Å². The van der Waals surface area contributed by atoms with Gasteiger partial charge in [-0.3, -0.25) is 10.1 Å². The van der Waals surface area contributed by atoms with Gasteiger partial charge in [0.05, 0.1) is 13.0 Å². The lowest BCUT2D eigenvalue weighted by atomic mass is 9.95. The van der Waals surface area contributed by atoms with Crippen LogP contribution in [0, 0.1) is 0 Å². The Morgan fingerprint density at radius 1 is 1.50 bits per heavy atom. The summed E-state index contributed by atoms with van der Waals surface area (Å²) in [5, 5.41) is 11.5. The van der Waals surface area contributed by atoms with Gasteiger partial charge in [-0.15, -0.1) is 0 Å². The number of nitrogens with two attached hydrogens (primary N) is 1. The van der Waals surface area contributed by atoms with Gasteiger partial charge in [-0.1, -0.05) is 13.0 Å². The molecule has 6 nitrogen and oxygen atoms in total. The second-order valence-corrected chi connectivity index (χ2v) is 3.75. The lowest BCUT2D eigenvalue weighted by Crippen LogP contribution is -2.38. The van der Waals surface area contributed by atoms with Crippen molar-refractivity contribution in [2.75, 3.05) is 7.11 Å².